The fourth-order valence-corrected chi connectivity index (χ4v) is 5.49. The molecule has 2 aliphatic rings. The minimum atomic E-state index is 0.0173. The van der Waals surface area contributed by atoms with Crippen molar-refractivity contribution in [3.63, 3.8) is 0 Å². The number of aromatic amines is 2. The molecule has 3 aromatic heterocycles. The molecule has 0 unspecified atom stereocenters. The van der Waals surface area contributed by atoms with Gasteiger partial charge in [0, 0.05) is 38.8 Å². The van der Waals surface area contributed by atoms with Crippen LogP contribution in [0.25, 0.3) is 74.7 Å². The van der Waals surface area contributed by atoms with Crippen LogP contribution in [0.2, 0.25) is 0 Å². The van der Waals surface area contributed by atoms with E-state index in [1.807, 2.05) is 78.9 Å². The Labute approximate surface area is 254 Å². The van der Waals surface area contributed by atoms with E-state index in [-0.39, 0.29) is 5.57 Å². The van der Waals surface area contributed by atoms with Crippen LogP contribution in [0.15, 0.2) is 109 Å². The Morgan fingerprint density at radius 2 is 1.07 bits per heavy atom. The second-order valence-electron chi connectivity index (χ2n) is 10.3. The van der Waals surface area contributed by atoms with E-state index in [4.69, 9.17) is 9.97 Å². The maximum atomic E-state index is 9.26. The number of nitriles is 2. The van der Waals surface area contributed by atoms with Crippen LogP contribution in [0.3, 0.4) is 0 Å². The molecule has 5 heterocycles. The lowest BCUT2D eigenvalue weighted by Crippen LogP contribution is -1.90. The first-order chi connectivity index (χ1) is 21.7. The Balaban J connectivity index is 1.61. The van der Waals surface area contributed by atoms with Gasteiger partial charge in [0.2, 0.25) is 0 Å². The van der Waals surface area contributed by atoms with Crippen LogP contribution in [0.4, 0.5) is 0 Å². The SMILES string of the molecule is N#CC(C#N)=C/C=C/c1c2nc(c(-c3ccccc3)c3ccc(cc4ccc([nH]4)c(-c4ccccc4)c4nc1C=C4)[nH]3)C=C2. The van der Waals surface area contributed by atoms with Gasteiger partial charge in [-0.1, -0.05) is 72.8 Å². The largest absolute Gasteiger partial charge is 0.355 e. The molecule has 8 bridgehead atoms. The number of benzene rings is 2. The molecule has 2 aliphatic heterocycles. The van der Waals surface area contributed by atoms with E-state index in [9.17, 15) is 10.5 Å². The van der Waals surface area contributed by atoms with Crippen molar-refractivity contribution < 1.29 is 0 Å². The lowest BCUT2D eigenvalue weighted by molar-refractivity contribution is 1.26. The quantitative estimate of drug-likeness (QED) is 0.164. The molecule has 0 atom stereocenters. The van der Waals surface area contributed by atoms with Crippen LogP contribution < -0.4 is 0 Å². The first kappa shape index (κ1) is 26.4. The average Bonchev–Trinajstić information content (AvgIpc) is 3.89. The van der Waals surface area contributed by atoms with Gasteiger partial charge in [-0.15, -0.1) is 0 Å². The molecule has 6 nitrogen and oxygen atoms in total. The number of fused-ring (bicyclic) bond motifs is 8. The predicted molar refractivity (Wildman–Crippen MR) is 178 cm³/mol. The molecule has 0 radical (unpaired) electrons. The molecule has 7 rings (SSSR count). The Bertz CT molecular complexity index is 2130. The predicted octanol–water partition coefficient (Wildman–Crippen LogP) is 8.98. The van der Waals surface area contributed by atoms with Gasteiger partial charge in [-0.25, -0.2) is 9.97 Å². The summed E-state index contributed by atoms with van der Waals surface area (Å²) in [6.45, 7) is 0. The molecule has 0 fully saturated rings. The van der Waals surface area contributed by atoms with Gasteiger partial charge in [0.25, 0.3) is 0 Å². The van der Waals surface area contributed by atoms with E-state index in [1.54, 1.807) is 6.08 Å². The van der Waals surface area contributed by atoms with Gasteiger partial charge < -0.3 is 9.97 Å². The molecule has 0 spiro atoms. The highest BCUT2D eigenvalue weighted by atomic mass is 14.8. The minimum absolute atomic E-state index is 0.0173. The molecule has 44 heavy (non-hydrogen) atoms. The Morgan fingerprint density at radius 1 is 0.591 bits per heavy atom. The molecule has 0 aliphatic carbocycles. The third-order valence-corrected chi connectivity index (χ3v) is 7.50. The Morgan fingerprint density at radius 3 is 1.55 bits per heavy atom. The molecule has 0 saturated heterocycles. The zero-order valence-corrected chi connectivity index (χ0v) is 23.5. The number of allylic oxidation sites excluding steroid dienone is 3. The van der Waals surface area contributed by atoms with Crippen molar-refractivity contribution in [2.45, 2.75) is 0 Å². The Hall–Kier alpha value is -6.50. The van der Waals surface area contributed by atoms with Crippen molar-refractivity contribution >= 4 is 52.4 Å². The van der Waals surface area contributed by atoms with Gasteiger partial charge in [-0.2, -0.15) is 10.5 Å². The fourth-order valence-electron chi connectivity index (χ4n) is 5.49. The van der Waals surface area contributed by atoms with Crippen molar-refractivity contribution in [2.24, 2.45) is 0 Å². The summed E-state index contributed by atoms with van der Waals surface area (Å²) in [5, 5.41) is 18.5. The standard InChI is InChI=1S/C38H24N6/c39-23-25(24-40)8-7-13-30-31-18-20-35(43-31)37(26-9-3-1-4-10-26)33-16-14-28(41-33)22-29-15-17-34(42-29)38(27-11-5-2-6-12-27)36-21-19-32(30)44-36/h1-22,41-42H/b13-7+,28-22?,29-22?,31-30?,32-30?,37-33?,37-35?,38-34?,38-36?. The van der Waals surface area contributed by atoms with Crippen molar-refractivity contribution in [1.82, 2.24) is 19.9 Å². The van der Waals surface area contributed by atoms with Crippen LogP contribution in [-0.4, -0.2) is 19.9 Å². The smallest absolute Gasteiger partial charge is 0.129 e. The summed E-state index contributed by atoms with van der Waals surface area (Å²) >= 11 is 0. The van der Waals surface area contributed by atoms with Gasteiger partial charge in [0.1, 0.15) is 17.7 Å². The lowest BCUT2D eigenvalue weighted by atomic mass is 10.0. The Kier molecular flexibility index (Phi) is 6.85. The summed E-state index contributed by atoms with van der Waals surface area (Å²) < 4.78 is 0. The first-order valence-electron chi connectivity index (χ1n) is 14.1. The highest BCUT2D eigenvalue weighted by molar-refractivity contribution is 5.94. The van der Waals surface area contributed by atoms with Gasteiger partial charge in [-0.3, -0.25) is 0 Å². The monoisotopic (exact) mass is 564 g/mol. The average molecular weight is 565 g/mol. The van der Waals surface area contributed by atoms with Crippen LogP contribution in [-0.2, 0) is 0 Å². The summed E-state index contributed by atoms with van der Waals surface area (Å²) in [6, 6.07) is 34.6. The molecular weight excluding hydrogens is 540 g/mol. The highest BCUT2D eigenvalue weighted by Crippen LogP contribution is 2.33. The lowest BCUT2D eigenvalue weighted by Gasteiger charge is -2.04. The molecule has 2 N–H and O–H groups in total. The zero-order chi connectivity index (χ0) is 29.9. The van der Waals surface area contributed by atoms with Crippen molar-refractivity contribution in [3.8, 4) is 34.4 Å². The van der Waals surface area contributed by atoms with E-state index in [2.05, 4.69) is 64.6 Å². The summed E-state index contributed by atoms with van der Waals surface area (Å²) in [4.78, 5) is 17.4. The molecule has 5 aromatic rings. The van der Waals surface area contributed by atoms with Crippen LogP contribution in [0.1, 0.15) is 28.3 Å². The van der Waals surface area contributed by atoms with E-state index in [0.717, 1.165) is 72.7 Å². The number of aromatic nitrogens is 4. The molecular formula is C38H24N6. The first-order valence-corrected chi connectivity index (χ1v) is 14.1. The number of H-pyrrole nitrogens is 2. The third kappa shape index (κ3) is 5.05. The summed E-state index contributed by atoms with van der Waals surface area (Å²) in [7, 11) is 0. The van der Waals surface area contributed by atoms with Crippen molar-refractivity contribution in [3.05, 3.63) is 137 Å². The molecule has 6 heteroatoms. The topological polar surface area (TPSA) is 105 Å². The number of hydrogen-bond donors (Lipinski definition) is 2. The van der Waals surface area contributed by atoms with Crippen LogP contribution >= 0.6 is 0 Å². The number of rotatable bonds is 4. The number of hydrogen-bond acceptors (Lipinski definition) is 4. The number of nitrogens with zero attached hydrogens (tertiary/aromatic N) is 4. The minimum Gasteiger partial charge on any atom is -0.355 e. The van der Waals surface area contributed by atoms with E-state index < -0.39 is 0 Å². The normalized spacial score (nSPS) is 11.8. The van der Waals surface area contributed by atoms with Gasteiger partial charge in [0.05, 0.1) is 22.8 Å². The maximum absolute atomic E-state index is 9.26. The van der Waals surface area contributed by atoms with E-state index in [0.29, 0.717) is 0 Å². The van der Waals surface area contributed by atoms with E-state index in [1.165, 1.54) is 6.08 Å². The second kappa shape index (κ2) is 11.4. The fraction of sp³-hybridized carbons (Fsp3) is 0. The summed E-state index contributed by atoms with van der Waals surface area (Å²) in [6.07, 6.45) is 13.1. The van der Waals surface area contributed by atoms with Crippen molar-refractivity contribution in [1.29, 1.82) is 10.5 Å². The van der Waals surface area contributed by atoms with Crippen LogP contribution in [0.5, 0.6) is 0 Å². The van der Waals surface area contributed by atoms with Gasteiger partial charge in [-0.05, 0) is 71.8 Å². The highest BCUT2D eigenvalue weighted by Gasteiger charge is 2.16. The molecule has 0 amide bonds. The van der Waals surface area contributed by atoms with E-state index >= 15 is 0 Å². The summed E-state index contributed by atoms with van der Waals surface area (Å²) in [5.74, 6) is 0. The molecule has 0 saturated carbocycles. The van der Waals surface area contributed by atoms with Gasteiger partial charge in [0.15, 0.2) is 0 Å². The zero-order valence-electron chi connectivity index (χ0n) is 23.5. The molecule has 206 valence electrons. The maximum Gasteiger partial charge on any atom is 0.129 e. The van der Waals surface area contributed by atoms with Crippen LogP contribution in [0, 0.1) is 22.7 Å². The number of nitrogens with one attached hydrogen (secondary N) is 2. The third-order valence-electron chi connectivity index (χ3n) is 7.50. The molecule has 2 aromatic carbocycles. The summed E-state index contributed by atoms with van der Waals surface area (Å²) in [5.41, 5.74) is 11.7. The van der Waals surface area contributed by atoms with Crippen molar-refractivity contribution in [2.75, 3.05) is 0 Å². The van der Waals surface area contributed by atoms with Gasteiger partial charge >= 0.3 is 0 Å². The second-order valence-corrected chi connectivity index (χ2v) is 10.3.